The lowest BCUT2D eigenvalue weighted by Crippen LogP contribution is -2.40. The summed E-state index contributed by atoms with van der Waals surface area (Å²) in [4.78, 5) is 0. The molecule has 0 spiro atoms. The standard InChI is InChI=1S/C16H31NO/c1-2-17-16(14-9-7-8-10-14)13-18-15-11-5-3-4-6-12-15/h14-17H,2-13H2,1H3. The zero-order valence-corrected chi connectivity index (χ0v) is 12.1. The highest BCUT2D eigenvalue weighted by atomic mass is 16.5. The van der Waals surface area contributed by atoms with Gasteiger partial charge in [0.15, 0.2) is 0 Å². The molecule has 0 aromatic rings. The van der Waals surface area contributed by atoms with Crippen LogP contribution >= 0.6 is 0 Å². The van der Waals surface area contributed by atoms with Crippen molar-refractivity contribution >= 4 is 0 Å². The third-order valence-electron chi connectivity index (χ3n) is 4.75. The molecular formula is C16H31NO. The molecule has 0 saturated heterocycles. The van der Waals surface area contributed by atoms with Crippen LogP contribution in [0.25, 0.3) is 0 Å². The van der Waals surface area contributed by atoms with Gasteiger partial charge in [-0.25, -0.2) is 0 Å². The van der Waals surface area contributed by atoms with Crippen molar-refractivity contribution in [1.29, 1.82) is 0 Å². The van der Waals surface area contributed by atoms with Crippen LogP contribution in [-0.4, -0.2) is 25.3 Å². The van der Waals surface area contributed by atoms with Crippen LogP contribution in [0.3, 0.4) is 0 Å². The lowest BCUT2D eigenvalue weighted by atomic mass is 9.98. The van der Waals surface area contributed by atoms with Gasteiger partial charge in [0.05, 0.1) is 12.7 Å². The van der Waals surface area contributed by atoms with E-state index in [1.165, 1.54) is 64.2 Å². The van der Waals surface area contributed by atoms with Crippen molar-refractivity contribution in [1.82, 2.24) is 5.32 Å². The van der Waals surface area contributed by atoms with E-state index in [9.17, 15) is 0 Å². The molecule has 2 aliphatic carbocycles. The Morgan fingerprint density at radius 2 is 1.56 bits per heavy atom. The third kappa shape index (κ3) is 4.55. The van der Waals surface area contributed by atoms with Crippen molar-refractivity contribution in [3.63, 3.8) is 0 Å². The van der Waals surface area contributed by atoms with E-state index >= 15 is 0 Å². The lowest BCUT2D eigenvalue weighted by molar-refractivity contribution is 0.0197. The Hall–Kier alpha value is -0.0800. The van der Waals surface area contributed by atoms with E-state index in [2.05, 4.69) is 12.2 Å². The Balaban J connectivity index is 1.73. The molecule has 2 saturated carbocycles. The Bertz CT molecular complexity index is 205. The van der Waals surface area contributed by atoms with Gasteiger partial charge in [0, 0.05) is 6.04 Å². The maximum absolute atomic E-state index is 6.23. The zero-order chi connectivity index (χ0) is 12.6. The summed E-state index contributed by atoms with van der Waals surface area (Å²) in [5, 5.41) is 3.65. The molecule has 0 aromatic heterocycles. The number of ether oxygens (including phenoxy) is 1. The molecule has 0 bridgehead atoms. The lowest BCUT2D eigenvalue weighted by Gasteiger charge is -2.26. The van der Waals surface area contributed by atoms with Gasteiger partial charge < -0.3 is 10.1 Å². The normalized spacial score (nSPS) is 25.2. The fourth-order valence-electron chi connectivity index (χ4n) is 3.63. The molecule has 18 heavy (non-hydrogen) atoms. The van der Waals surface area contributed by atoms with Crippen molar-refractivity contribution < 1.29 is 4.74 Å². The molecule has 0 radical (unpaired) electrons. The summed E-state index contributed by atoms with van der Waals surface area (Å²) < 4.78 is 6.23. The fraction of sp³-hybridized carbons (Fsp3) is 1.00. The highest BCUT2D eigenvalue weighted by molar-refractivity contribution is 4.80. The predicted molar refractivity (Wildman–Crippen MR) is 76.9 cm³/mol. The first-order valence-corrected chi connectivity index (χ1v) is 8.25. The number of hydrogen-bond donors (Lipinski definition) is 1. The second-order valence-corrected chi connectivity index (χ2v) is 6.16. The highest BCUT2D eigenvalue weighted by Gasteiger charge is 2.25. The summed E-state index contributed by atoms with van der Waals surface area (Å²) in [5.74, 6) is 0.871. The Kier molecular flexibility index (Phi) is 6.50. The van der Waals surface area contributed by atoms with Gasteiger partial charge in [0.25, 0.3) is 0 Å². The van der Waals surface area contributed by atoms with Gasteiger partial charge in [-0.05, 0) is 38.1 Å². The van der Waals surface area contributed by atoms with Crippen molar-refractivity contribution in [2.24, 2.45) is 5.92 Å². The summed E-state index contributed by atoms with van der Waals surface area (Å²) >= 11 is 0. The molecule has 0 heterocycles. The Labute approximate surface area is 113 Å². The molecule has 0 amide bonds. The van der Waals surface area contributed by atoms with E-state index in [0.717, 1.165) is 19.1 Å². The molecule has 0 aromatic carbocycles. The fourth-order valence-corrected chi connectivity index (χ4v) is 3.63. The van der Waals surface area contributed by atoms with E-state index in [0.29, 0.717) is 12.1 Å². The minimum absolute atomic E-state index is 0.551. The second-order valence-electron chi connectivity index (χ2n) is 6.16. The van der Waals surface area contributed by atoms with Gasteiger partial charge in [-0.2, -0.15) is 0 Å². The van der Waals surface area contributed by atoms with Crippen LogP contribution in [0.4, 0.5) is 0 Å². The van der Waals surface area contributed by atoms with E-state index in [-0.39, 0.29) is 0 Å². The van der Waals surface area contributed by atoms with Crippen LogP contribution in [0, 0.1) is 5.92 Å². The van der Waals surface area contributed by atoms with E-state index < -0.39 is 0 Å². The smallest absolute Gasteiger partial charge is 0.0626 e. The van der Waals surface area contributed by atoms with Crippen LogP contribution in [-0.2, 0) is 4.74 Å². The number of rotatable bonds is 6. The second kappa shape index (κ2) is 8.16. The molecule has 2 rings (SSSR count). The van der Waals surface area contributed by atoms with Gasteiger partial charge in [0.1, 0.15) is 0 Å². The molecule has 0 aliphatic heterocycles. The predicted octanol–water partition coefficient (Wildman–Crippen LogP) is 3.89. The monoisotopic (exact) mass is 253 g/mol. The summed E-state index contributed by atoms with van der Waals surface area (Å²) in [7, 11) is 0. The van der Waals surface area contributed by atoms with Crippen molar-refractivity contribution in [2.45, 2.75) is 83.3 Å². The van der Waals surface area contributed by atoms with Crippen LogP contribution in [0.1, 0.15) is 71.1 Å². The SMILES string of the molecule is CCNC(COC1CCCCCC1)C1CCCC1. The topological polar surface area (TPSA) is 21.3 Å². The Morgan fingerprint density at radius 3 is 2.17 bits per heavy atom. The molecule has 1 unspecified atom stereocenters. The van der Waals surface area contributed by atoms with Crippen LogP contribution in [0.2, 0.25) is 0 Å². The van der Waals surface area contributed by atoms with Gasteiger partial charge in [-0.15, -0.1) is 0 Å². The largest absolute Gasteiger partial charge is 0.377 e. The summed E-state index contributed by atoms with van der Waals surface area (Å²) in [6.07, 6.45) is 14.4. The average molecular weight is 253 g/mol. The number of nitrogens with one attached hydrogen (secondary N) is 1. The summed E-state index contributed by atoms with van der Waals surface area (Å²) in [6, 6.07) is 0.612. The highest BCUT2D eigenvalue weighted by Crippen LogP contribution is 2.28. The molecule has 2 nitrogen and oxygen atoms in total. The van der Waals surface area contributed by atoms with Gasteiger partial charge in [0.2, 0.25) is 0 Å². The maximum Gasteiger partial charge on any atom is 0.0626 e. The third-order valence-corrected chi connectivity index (χ3v) is 4.75. The minimum atomic E-state index is 0.551. The van der Waals surface area contributed by atoms with E-state index in [1.807, 2.05) is 0 Å². The van der Waals surface area contributed by atoms with Crippen LogP contribution in [0.15, 0.2) is 0 Å². The minimum Gasteiger partial charge on any atom is -0.377 e. The summed E-state index contributed by atoms with van der Waals surface area (Å²) in [5.41, 5.74) is 0. The van der Waals surface area contributed by atoms with Gasteiger partial charge >= 0.3 is 0 Å². The Morgan fingerprint density at radius 1 is 0.944 bits per heavy atom. The van der Waals surface area contributed by atoms with Crippen molar-refractivity contribution in [2.75, 3.05) is 13.2 Å². The first-order chi connectivity index (χ1) is 8.90. The molecular weight excluding hydrogens is 222 g/mol. The molecule has 1 N–H and O–H groups in total. The van der Waals surface area contributed by atoms with E-state index in [4.69, 9.17) is 4.74 Å². The molecule has 2 fully saturated rings. The zero-order valence-electron chi connectivity index (χ0n) is 12.1. The van der Waals surface area contributed by atoms with Crippen LogP contribution < -0.4 is 5.32 Å². The first kappa shape index (κ1) is 14.3. The van der Waals surface area contributed by atoms with E-state index in [1.54, 1.807) is 0 Å². The molecule has 2 heteroatoms. The number of likely N-dealkylation sites (N-methyl/N-ethyl adjacent to an activating group) is 1. The molecule has 1 atom stereocenters. The molecule has 106 valence electrons. The quantitative estimate of drug-likeness (QED) is 0.725. The van der Waals surface area contributed by atoms with Crippen molar-refractivity contribution in [3.05, 3.63) is 0 Å². The van der Waals surface area contributed by atoms with Gasteiger partial charge in [-0.1, -0.05) is 45.4 Å². The van der Waals surface area contributed by atoms with Gasteiger partial charge in [-0.3, -0.25) is 0 Å². The maximum atomic E-state index is 6.23. The van der Waals surface area contributed by atoms with Crippen LogP contribution in [0.5, 0.6) is 0 Å². The summed E-state index contributed by atoms with van der Waals surface area (Å²) in [6.45, 7) is 4.24. The number of hydrogen-bond acceptors (Lipinski definition) is 2. The molecule has 2 aliphatic rings. The average Bonchev–Trinajstić information content (AvgIpc) is 2.79. The first-order valence-electron chi connectivity index (χ1n) is 8.25. The van der Waals surface area contributed by atoms with Crippen molar-refractivity contribution in [3.8, 4) is 0 Å².